The second-order valence-corrected chi connectivity index (χ2v) is 3.63. The minimum Gasteiger partial charge on any atom is -0.394 e. The molecule has 0 heterocycles. The van der Waals surface area contributed by atoms with E-state index in [0.29, 0.717) is 0 Å². The standard InChI is InChI=1S/C13H19NO/c1-3-10-13(11-15,14-4-2)12-8-6-5-7-9-12/h3,5-9,14-15H,1,4,10-11H2,2H3. The van der Waals surface area contributed by atoms with Crippen molar-refractivity contribution in [2.45, 2.75) is 18.9 Å². The lowest BCUT2D eigenvalue weighted by Crippen LogP contribution is -2.45. The fraction of sp³-hybridized carbons (Fsp3) is 0.385. The topological polar surface area (TPSA) is 32.3 Å². The Morgan fingerprint density at radius 2 is 2.07 bits per heavy atom. The maximum Gasteiger partial charge on any atom is 0.0703 e. The number of likely N-dealkylation sites (N-methyl/N-ethyl adjacent to an activating group) is 1. The van der Waals surface area contributed by atoms with Gasteiger partial charge in [0.05, 0.1) is 12.1 Å². The Kier molecular flexibility index (Phi) is 4.53. The summed E-state index contributed by atoms with van der Waals surface area (Å²) in [7, 11) is 0. The van der Waals surface area contributed by atoms with Crippen molar-refractivity contribution >= 4 is 0 Å². The zero-order valence-electron chi connectivity index (χ0n) is 9.24. The summed E-state index contributed by atoms with van der Waals surface area (Å²) in [6.45, 7) is 6.69. The SMILES string of the molecule is C=CCC(CO)(NCC)c1ccccc1. The van der Waals surface area contributed by atoms with Gasteiger partial charge in [-0.1, -0.05) is 43.3 Å². The lowest BCUT2D eigenvalue weighted by molar-refractivity contribution is 0.164. The third-order valence-electron chi connectivity index (χ3n) is 2.60. The van der Waals surface area contributed by atoms with Crippen molar-refractivity contribution in [3.63, 3.8) is 0 Å². The summed E-state index contributed by atoms with van der Waals surface area (Å²) < 4.78 is 0. The highest BCUT2D eigenvalue weighted by molar-refractivity contribution is 5.25. The van der Waals surface area contributed by atoms with Gasteiger partial charge in [-0.15, -0.1) is 6.58 Å². The van der Waals surface area contributed by atoms with E-state index in [1.54, 1.807) is 0 Å². The minimum absolute atomic E-state index is 0.0802. The fourth-order valence-electron chi connectivity index (χ4n) is 1.85. The molecule has 1 atom stereocenters. The first-order valence-corrected chi connectivity index (χ1v) is 5.31. The molecule has 2 nitrogen and oxygen atoms in total. The molecule has 2 N–H and O–H groups in total. The average Bonchev–Trinajstić information content (AvgIpc) is 2.30. The molecule has 1 unspecified atom stereocenters. The molecule has 0 fully saturated rings. The normalized spacial score (nSPS) is 14.5. The van der Waals surface area contributed by atoms with Gasteiger partial charge in [0.25, 0.3) is 0 Å². The molecule has 0 spiro atoms. The van der Waals surface area contributed by atoms with E-state index in [2.05, 4.69) is 11.9 Å². The van der Waals surface area contributed by atoms with Gasteiger partial charge in [0.1, 0.15) is 0 Å². The molecule has 0 saturated carbocycles. The van der Waals surface area contributed by atoms with Gasteiger partial charge in [-0.2, -0.15) is 0 Å². The highest BCUT2D eigenvalue weighted by Gasteiger charge is 2.28. The molecule has 0 radical (unpaired) electrons. The van der Waals surface area contributed by atoms with Gasteiger partial charge in [-0.05, 0) is 18.5 Å². The summed E-state index contributed by atoms with van der Waals surface area (Å²) in [5.74, 6) is 0. The Morgan fingerprint density at radius 3 is 2.53 bits per heavy atom. The summed E-state index contributed by atoms with van der Waals surface area (Å²) in [5, 5.41) is 12.9. The van der Waals surface area contributed by atoms with Gasteiger partial charge in [-0.25, -0.2) is 0 Å². The predicted molar refractivity (Wildman–Crippen MR) is 63.7 cm³/mol. The van der Waals surface area contributed by atoms with Gasteiger partial charge in [-0.3, -0.25) is 0 Å². The zero-order valence-corrected chi connectivity index (χ0v) is 9.24. The van der Waals surface area contributed by atoms with Crippen LogP contribution in [0.15, 0.2) is 43.0 Å². The van der Waals surface area contributed by atoms with Crippen molar-refractivity contribution in [1.29, 1.82) is 0 Å². The molecule has 0 aliphatic heterocycles. The number of hydrogen-bond acceptors (Lipinski definition) is 2. The molecule has 15 heavy (non-hydrogen) atoms. The molecule has 1 aromatic carbocycles. The van der Waals surface area contributed by atoms with Gasteiger partial charge in [0.2, 0.25) is 0 Å². The van der Waals surface area contributed by atoms with Gasteiger partial charge in [0.15, 0.2) is 0 Å². The lowest BCUT2D eigenvalue weighted by Gasteiger charge is -2.32. The van der Waals surface area contributed by atoms with Crippen LogP contribution in [0, 0.1) is 0 Å². The first-order valence-electron chi connectivity index (χ1n) is 5.31. The summed E-state index contributed by atoms with van der Waals surface area (Å²) in [5.41, 5.74) is 0.729. The molecule has 1 rings (SSSR count). The van der Waals surface area contributed by atoms with Crippen molar-refractivity contribution in [2.24, 2.45) is 0 Å². The Hall–Kier alpha value is -1.12. The second kappa shape index (κ2) is 5.69. The Balaban J connectivity index is 3.02. The predicted octanol–water partition coefficient (Wildman–Crippen LogP) is 2.06. The van der Waals surface area contributed by atoms with Crippen molar-refractivity contribution < 1.29 is 5.11 Å². The summed E-state index contributed by atoms with van der Waals surface area (Å²) >= 11 is 0. The summed E-state index contributed by atoms with van der Waals surface area (Å²) in [6.07, 6.45) is 2.56. The lowest BCUT2D eigenvalue weighted by atomic mass is 9.87. The highest BCUT2D eigenvalue weighted by Crippen LogP contribution is 2.24. The Bertz CT molecular complexity index is 297. The van der Waals surface area contributed by atoms with E-state index in [1.165, 1.54) is 0 Å². The van der Waals surface area contributed by atoms with Gasteiger partial charge in [0, 0.05) is 0 Å². The number of nitrogens with one attached hydrogen (secondary N) is 1. The van der Waals surface area contributed by atoms with Crippen LogP contribution in [0.5, 0.6) is 0 Å². The Morgan fingerprint density at radius 1 is 1.40 bits per heavy atom. The van der Waals surface area contributed by atoms with E-state index < -0.39 is 0 Å². The molecular weight excluding hydrogens is 186 g/mol. The Labute approximate surface area is 91.6 Å². The third kappa shape index (κ3) is 2.67. The first-order chi connectivity index (χ1) is 7.29. The monoisotopic (exact) mass is 205 g/mol. The van der Waals surface area contributed by atoms with Crippen molar-refractivity contribution in [3.05, 3.63) is 48.6 Å². The van der Waals surface area contributed by atoms with Gasteiger partial charge >= 0.3 is 0 Å². The van der Waals surface area contributed by atoms with Crippen LogP contribution >= 0.6 is 0 Å². The molecule has 1 aromatic rings. The molecule has 82 valence electrons. The maximum atomic E-state index is 9.58. The molecule has 0 aliphatic carbocycles. The summed E-state index contributed by atoms with van der Waals surface area (Å²) in [4.78, 5) is 0. The molecule has 0 aromatic heterocycles. The van der Waals surface area contributed by atoms with Crippen molar-refractivity contribution in [2.75, 3.05) is 13.2 Å². The largest absolute Gasteiger partial charge is 0.394 e. The van der Waals surface area contributed by atoms with Crippen LogP contribution in [0.25, 0.3) is 0 Å². The van der Waals surface area contributed by atoms with Crippen molar-refractivity contribution in [1.82, 2.24) is 5.32 Å². The molecule has 0 bridgehead atoms. The van der Waals surface area contributed by atoms with E-state index in [-0.39, 0.29) is 12.1 Å². The number of hydrogen-bond donors (Lipinski definition) is 2. The number of benzene rings is 1. The molecule has 0 amide bonds. The van der Waals surface area contributed by atoms with Crippen molar-refractivity contribution in [3.8, 4) is 0 Å². The van der Waals surface area contributed by atoms with Crippen LogP contribution in [0.2, 0.25) is 0 Å². The number of aliphatic hydroxyl groups is 1. The van der Waals surface area contributed by atoms with Gasteiger partial charge < -0.3 is 10.4 Å². The smallest absolute Gasteiger partial charge is 0.0703 e. The molecule has 2 heteroatoms. The quantitative estimate of drug-likeness (QED) is 0.697. The van der Waals surface area contributed by atoms with E-state index in [1.807, 2.05) is 43.3 Å². The fourth-order valence-corrected chi connectivity index (χ4v) is 1.85. The molecular formula is C13H19NO. The van der Waals surface area contributed by atoms with E-state index in [4.69, 9.17) is 0 Å². The second-order valence-electron chi connectivity index (χ2n) is 3.63. The van der Waals surface area contributed by atoms with E-state index in [9.17, 15) is 5.11 Å². The number of rotatable bonds is 6. The van der Waals surface area contributed by atoms with Crippen LogP contribution in [-0.2, 0) is 5.54 Å². The molecule has 0 aliphatic rings. The van der Waals surface area contributed by atoms with Crippen LogP contribution in [0.3, 0.4) is 0 Å². The van der Waals surface area contributed by atoms with Crippen LogP contribution in [-0.4, -0.2) is 18.3 Å². The molecule has 0 saturated heterocycles. The average molecular weight is 205 g/mol. The first kappa shape index (κ1) is 12.0. The minimum atomic E-state index is -0.377. The van der Waals surface area contributed by atoms with Crippen LogP contribution in [0.1, 0.15) is 18.9 Å². The van der Waals surface area contributed by atoms with Crippen LogP contribution < -0.4 is 5.32 Å². The third-order valence-corrected chi connectivity index (χ3v) is 2.60. The maximum absolute atomic E-state index is 9.58. The highest BCUT2D eigenvalue weighted by atomic mass is 16.3. The van der Waals surface area contributed by atoms with E-state index >= 15 is 0 Å². The van der Waals surface area contributed by atoms with E-state index in [0.717, 1.165) is 18.5 Å². The number of aliphatic hydroxyl groups excluding tert-OH is 1. The summed E-state index contributed by atoms with van der Waals surface area (Å²) in [6, 6.07) is 10.0. The van der Waals surface area contributed by atoms with Crippen LogP contribution in [0.4, 0.5) is 0 Å². The zero-order chi connectivity index (χ0) is 11.1.